The van der Waals surface area contributed by atoms with E-state index in [1.165, 1.54) is 17.7 Å². The smallest absolute Gasteiger partial charge is 0.272 e. The zero-order chi connectivity index (χ0) is 25.9. The molecule has 0 unspecified atom stereocenters. The van der Waals surface area contributed by atoms with E-state index < -0.39 is 0 Å². The van der Waals surface area contributed by atoms with Gasteiger partial charge in [0.25, 0.3) is 5.91 Å². The predicted molar refractivity (Wildman–Crippen MR) is 146 cm³/mol. The summed E-state index contributed by atoms with van der Waals surface area (Å²) in [5, 5.41) is 4.50. The van der Waals surface area contributed by atoms with Crippen molar-refractivity contribution >= 4 is 22.6 Å². The molecule has 0 spiro atoms. The molecule has 7 heteroatoms. The van der Waals surface area contributed by atoms with Crippen LogP contribution in [0.25, 0.3) is 10.9 Å². The van der Waals surface area contributed by atoms with E-state index in [1.54, 1.807) is 12.1 Å². The van der Waals surface area contributed by atoms with Crippen molar-refractivity contribution in [3.05, 3.63) is 94.6 Å². The van der Waals surface area contributed by atoms with Crippen LogP contribution in [-0.2, 0) is 13.1 Å². The lowest BCUT2D eigenvalue weighted by Crippen LogP contribution is -2.48. The molecule has 1 aliphatic heterocycles. The first-order valence-corrected chi connectivity index (χ1v) is 13.0. The number of aryl methyl sites for hydroxylation is 1. The van der Waals surface area contributed by atoms with E-state index in [2.05, 4.69) is 47.7 Å². The number of fused-ring (bicyclic) bond motifs is 1. The molecule has 0 saturated carbocycles. The SMILES string of the molecule is CCN1CCN(C(=O)c2cc3c(C)c(C)n(Cc4ccccc4)c3c(NCc3ccc(F)cc3)n2)CC1. The molecule has 0 bridgehead atoms. The van der Waals surface area contributed by atoms with Crippen LogP contribution in [0.1, 0.15) is 39.8 Å². The van der Waals surface area contributed by atoms with Crippen LogP contribution in [-0.4, -0.2) is 58.0 Å². The lowest BCUT2D eigenvalue weighted by molar-refractivity contribution is 0.0638. The summed E-state index contributed by atoms with van der Waals surface area (Å²) in [5.41, 5.74) is 5.86. The first-order chi connectivity index (χ1) is 17.9. The van der Waals surface area contributed by atoms with Gasteiger partial charge in [-0.3, -0.25) is 4.79 Å². The fourth-order valence-electron chi connectivity index (χ4n) is 5.08. The van der Waals surface area contributed by atoms with Crippen LogP contribution >= 0.6 is 0 Å². The third-order valence-electron chi connectivity index (χ3n) is 7.50. The highest BCUT2D eigenvalue weighted by molar-refractivity contribution is 6.01. The van der Waals surface area contributed by atoms with Gasteiger partial charge in [-0.15, -0.1) is 0 Å². The number of benzene rings is 2. The number of rotatable bonds is 7. The summed E-state index contributed by atoms with van der Waals surface area (Å²) < 4.78 is 15.7. The highest BCUT2D eigenvalue weighted by Crippen LogP contribution is 2.32. The largest absolute Gasteiger partial charge is 0.364 e. The second-order valence-electron chi connectivity index (χ2n) is 9.74. The van der Waals surface area contributed by atoms with Gasteiger partial charge in [0.1, 0.15) is 11.5 Å². The molecule has 1 saturated heterocycles. The van der Waals surface area contributed by atoms with E-state index in [4.69, 9.17) is 4.98 Å². The van der Waals surface area contributed by atoms with Crippen LogP contribution in [0.4, 0.5) is 10.2 Å². The minimum absolute atomic E-state index is 0.0321. The molecule has 1 fully saturated rings. The molecule has 2 aromatic heterocycles. The number of carbonyl (C=O) groups excluding carboxylic acids is 1. The van der Waals surface area contributed by atoms with Crippen LogP contribution in [0.2, 0.25) is 0 Å². The van der Waals surface area contributed by atoms with Crippen LogP contribution in [0.3, 0.4) is 0 Å². The Bertz CT molecular complexity index is 1390. The molecule has 0 atom stereocenters. The summed E-state index contributed by atoms with van der Waals surface area (Å²) in [7, 11) is 0. The van der Waals surface area contributed by atoms with Crippen molar-refractivity contribution in [1.29, 1.82) is 0 Å². The lowest BCUT2D eigenvalue weighted by atomic mass is 10.1. The maximum absolute atomic E-state index is 13.6. The number of anilines is 1. The summed E-state index contributed by atoms with van der Waals surface area (Å²) in [4.78, 5) is 22.7. The Kier molecular flexibility index (Phi) is 7.24. The second kappa shape index (κ2) is 10.7. The van der Waals surface area contributed by atoms with Crippen molar-refractivity contribution in [2.24, 2.45) is 0 Å². The van der Waals surface area contributed by atoms with Crippen LogP contribution in [0.5, 0.6) is 0 Å². The third kappa shape index (κ3) is 5.23. The maximum Gasteiger partial charge on any atom is 0.272 e. The van der Waals surface area contributed by atoms with Gasteiger partial charge < -0.3 is 19.7 Å². The average Bonchev–Trinajstić information content (AvgIpc) is 3.17. The zero-order valence-electron chi connectivity index (χ0n) is 21.8. The molecule has 2 aromatic carbocycles. The Labute approximate surface area is 217 Å². The highest BCUT2D eigenvalue weighted by atomic mass is 19.1. The standard InChI is InChI=1S/C30H34FN5O/c1-4-34-14-16-35(17-15-34)30(37)27-18-26-21(2)22(3)36(20-24-8-6-5-7-9-24)28(26)29(33-27)32-19-23-10-12-25(31)13-11-23/h5-13,18H,4,14-17,19-20H2,1-3H3,(H,32,33). The Balaban J connectivity index is 1.55. The summed E-state index contributed by atoms with van der Waals surface area (Å²) >= 11 is 0. The Hall–Kier alpha value is -3.71. The summed E-state index contributed by atoms with van der Waals surface area (Å²) in [6.07, 6.45) is 0. The zero-order valence-corrected chi connectivity index (χ0v) is 21.8. The third-order valence-corrected chi connectivity index (χ3v) is 7.50. The molecule has 0 aliphatic carbocycles. The number of nitrogens with one attached hydrogen (secondary N) is 1. The number of hydrogen-bond donors (Lipinski definition) is 1. The molecule has 1 amide bonds. The first-order valence-electron chi connectivity index (χ1n) is 13.0. The molecule has 3 heterocycles. The van der Waals surface area contributed by atoms with Gasteiger partial charge in [0.15, 0.2) is 5.82 Å². The van der Waals surface area contributed by atoms with Gasteiger partial charge in [-0.2, -0.15) is 0 Å². The van der Waals surface area contributed by atoms with Crippen molar-refractivity contribution in [3.63, 3.8) is 0 Å². The minimum atomic E-state index is -0.261. The lowest BCUT2D eigenvalue weighted by Gasteiger charge is -2.33. The van der Waals surface area contributed by atoms with Gasteiger partial charge in [0.2, 0.25) is 0 Å². The second-order valence-corrected chi connectivity index (χ2v) is 9.74. The van der Waals surface area contributed by atoms with E-state index in [0.717, 1.165) is 47.4 Å². The number of piperazine rings is 1. The van der Waals surface area contributed by atoms with Gasteiger partial charge in [-0.05, 0) is 55.3 Å². The van der Waals surface area contributed by atoms with Crippen LogP contribution in [0.15, 0.2) is 60.7 Å². The molecule has 1 N–H and O–H groups in total. The predicted octanol–water partition coefficient (Wildman–Crippen LogP) is 5.23. The van der Waals surface area contributed by atoms with E-state index in [0.29, 0.717) is 37.7 Å². The molecule has 4 aromatic rings. The molecule has 5 rings (SSSR count). The monoisotopic (exact) mass is 499 g/mol. The molecule has 192 valence electrons. The van der Waals surface area contributed by atoms with Crippen LogP contribution < -0.4 is 5.32 Å². The van der Waals surface area contributed by atoms with Crippen molar-refractivity contribution in [1.82, 2.24) is 19.4 Å². The summed E-state index contributed by atoms with van der Waals surface area (Å²) in [6, 6.07) is 18.8. The van der Waals surface area contributed by atoms with Crippen molar-refractivity contribution in [2.75, 3.05) is 38.0 Å². The number of aromatic nitrogens is 2. The Morgan fingerprint density at radius 3 is 2.35 bits per heavy atom. The molecule has 37 heavy (non-hydrogen) atoms. The number of carbonyl (C=O) groups is 1. The average molecular weight is 500 g/mol. The molecule has 0 radical (unpaired) electrons. The molecular weight excluding hydrogens is 465 g/mol. The number of nitrogens with zero attached hydrogens (tertiary/aromatic N) is 4. The van der Waals surface area contributed by atoms with Crippen molar-refractivity contribution in [3.8, 4) is 0 Å². The number of halogens is 1. The van der Waals surface area contributed by atoms with Gasteiger partial charge >= 0.3 is 0 Å². The topological polar surface area (TPSA) is 53.4 Å². The number of amides is 1. The fraction of sp³-hybridized carbons (Fsp3) is 0.333. The number of hydrogen-bond acceptors (Lipinski definition) is 4. The highest BCUT2D eigenvalue weighted by Gasteiger charge is 2.25. The first kappa shape index (κ1) is 25.0. The van der Waals surface area contributed by atoms with Gasteiger partial charge in [-0.1, -0.05) is 49.4 Å². The van der Waals surface area contributed by atoms with Crippen molar-refractivity contribution in [2.45, 2.75) is 33.9 Å². The van der Waals surface area contributed by atoms with Crippen molar-refractivity contribution < 1.29 is 9.18 Å². The van der Waals surface area contributed by atoms with Gasteiger partial charge in [0, 0.05) is 50.3 Å². The molecule has 1 aliphatic rings. The van der Waals surface area contributed by atoms with Gasteiger partial charge in [-0.25, -0.2) is 9.37 Å². The quantitative estimate of drug-likeness (QED) is 0.378. The molecular formula is C30H34FN5O. The van der Waals surface area contributed by atoms with E-state index in [1.807, 2.05) is 29.2 Å². The molecule has 6 nitrogen and oxygen atoms in total. The van der Waals surface area contributed by atoms with Gasteiger partial charge in [0.05, 0.1) is 5.52 Å². The van der Waals surface area contributed by atoms with E-state index >= 15 is 0 Å². The normalized spacial score (nSPS) is 14.3. The number of pyridine rings is 1. The van der Waals surface area contributed by atoms with E-state index in [-0.39, 0.29) is 11.7 Å². The Morgan fingerprint density at radius 1 is 0.973 bits per heavy atom. The minimum Gasteiger partial charge on any atom is -0.364 e. The van der Waals surface area contributed by atoms with E-state index in [9.17, 15) is 9.18 Å². The summed E-state index contributed by atoms with van der Waals surface area (Å²) in [6.45, 7) is 11.7. The maximum atomic E-state index is 13.6. The summed E-state index contributed by atoms with van der Waals surface area (Å²) in [5.74, 6) is 0.378. The fourth-order valence-corrected chi connectivity index (χ4v) is 5.08. The number of likely N-dealkylation sites (N-methyl/N-ethyl adjacent to an activating group) is 1. The van der Waals surface area contributed by atoms with Crippen LogP contribution in [0, 0.1) is 19.7 Å². The Morgan fingerprint density at radius 2 is 1.68 bits per heavy atom.